The average Bonchev–Trinajstić information content (AvgIpc) is 3.52. The second-order valence-corrected chi connectivity index (χ2v) is 8.73. The number of hydrogen-bond donors (Lipinski definition) is 2. The Bertz CT molecular complexity index is 1050. The number of amides is 1. The average molecular weight is 472 g/mol. The molecular formula is C25H31F2N5O2. The van der Waals surface area contributed by atoms with Crippen molar-refractivity contribution in [3.63, 3.8) is 0 Å². The number of anilines is 1. The molecule has 5 rings (SSSR count). The summed E-state index contributed by atoms with van der Waals surface area (Å²) in [5.74, 6) is -0.895. The Morgan fingerprint density at radius 1 is 1.03 bits per heavy atom. The van der Waals surface area contributed by atoms with Crippen LogP contribution in [0.15, 0.2) is 48.8 Å². The minimum atomic E-state index is -0.411. The maximum Gasteiger partial charge on any atom is 0.255 e. The first-order valence-corrected chi connectivity index (χ1v) is 11.8. The first kappa shape index (κ1) is 24.1. The van der Waals surface area contributed by atoms with Crippen molar-refractivity contribution in [3.05, 3.63) is 66.0 Å². The quantitative estimate of drug-likeness (QED) is 0.598. The largest absolute Gasteiger partial charge is 0.393 e. The summed E-state index contributed by atoms with van der Waals surface area (Å²) in [7, 11) is 0. The number of rotatable bonds is 5. The molecular weight excluding hydrogens is 440 g/mol. The lowest BCUT2D eigenvalue weighted by Gasteiger charge is -2.29. The van der Waals surface area contributed by atoms with Crippen LogP contribution in [0.4, 0.5) is 14.5 Å². The van der Waals surface area contributed by atoms with Crippen LogP contribution in [-0.2, 0) is 0 Å². The zero-order valence-corrected chi connectivity index (χ0v) is 19.2. The third-order valence-corrected chi connectivity index (χ3v) is 6.30. The van der Waals surface area contributed by atoms with Crippen molar-refractivity contribution in [2.45, 2.75) is 31.8 Å². The highest BCUT2D eigenvalue weighted by molar-refractivity contribution is 6.01. The van der Waals surface area contributed by atoms with Crippen LogP contribution in [0.25, 0.3) is 5.52 Å². The Morgan fingerprint density at radius 2 is 1.68 bits per heavy atom. The molecule has 2 N–H and O–H groups in total. The molecule has 34 heavy (non-hydrogen) atoms. The van der Waals surface area contributed by atoms with Gasteiger partial charge in [-0.3, -0.25) is 4.79 Å². The number of hydrogen-bond acceptors (Lipinski definition) is 5. The van der Waals surface area contributed by atoms with Gasteiger partial charge in [0.2, 0.25) is 0 Å². The number of aliphatic hydroxyl groups is 1. The number of nitrogens with one attached hydrogen (secondary N) is 1. The summed E-state index contributed by atoms with van der Waals surface area (Å²) in [4.78, 5) is 17.3. The number of aromatic nitrogens is 2. The van der Waals surface area contributed by atoms with Gasteiger partial charge in [-0.2, -0.15) is 5.10 Å². The van der Waals surface area contributed by atoms with Gasteiger partial charge in [0, 0.05) is 51.2 Å². The zero-order valence-electron chi connectivity index (χ0n) is 19.2. The Labute approximate surface area is 198 Å². The maximum atomic E-state index is 12.6. The van der Waals surface area contributed by atoms with Gasteiger partial charge in [0.05, 0.1) is 23.4 Å². The molecule has 0 bridgehead atoms. The normalized spacial score (nSPS) is 17.0. The van der Waals surface area contributed by atoms with Crippen molar-refractivity contribution in [1.82, 2.24) is 19.8 Å². The fourth-order valence-corrected chi connectivity index (χ4v) is 4.31. The van der Waals surface area contributed by atoms with E-state index in [0.717, 1.165) is 81.0 Å². The Hall–Kier alpha value is -3.04. The van der Waals surface area contributed by atoms with Gasteiger partial charge in [0.25, 0.3) is 5.91 Å². The number of benzene rings is 1. The van der Waals surface area contributed by atoms with Gasteiger partial charge in [-0.05, 0) is 62.1 Å². The van der Waals surface area contributed by atoms with Crippen molar-refractivity contribution in [3.8, 4) is 0 Å². The highest BCUT2D eigenvalue weighted by atomic mass is 19.1. The molecule has 0 atom stereocenters. The van der Waals surface area contributed by atoms with E-state index in [4.69, 9.17) is 0 Å². The maximum absolute atomic E-state index is 12.6. The summed E-state index contributed by atoms with van der Waals surface area (Å²) in [6.07, 6.45) is 7.51. The number of fused-ring (bicyclic) bond motifs is 1. The molecule has 7 nitrogen and oxygen atoms in total. The van der Waals surface area contributed by atoms with E-state index in [2.05, 4.69) is 32.3 Å². The number of nitrogens with zero attached hydrogens (tertiary/aromatic N) is 4. The smallest absolute Gasteiger partial charge is 0.255 e. The van der Waals surface area contributed by atoms with Crippen LogP contribution in [0, 0.1) is 11.6 Å². The van der Waals surface area contributed by atoms with E-state index < -0.39 is 11.6 Å². The molecule has 2 aliphatic heterocycles. The Morgan fingerprint density at radius 3 is 2.32 bits per heavy atom. The van der Waals surface area contributed by atoms with Crippen LogP contribution in [-0.4, -0.2) is 70.9 Å². The lowest BCUT2D eigenvalue weighted by Crippen LogP contribution is -2.40. The number of likely N-dealkylation sites (tertiary alicyclic amines) is 1. The Kier molecular flexibility index (Phi) is 8.08. The first-order valence-electron chi connectivity index (χ1n) is 11.8. The minimum Gasteiger partial charge on any atom is -0.393 e. The summed E-state index contributed by atoms with van der Waals surface area (Å²) in [6.45, 7) is 5.38. The van der Waals surface area contributed by atoms with Gasteiger partial charge in [-0.1, -0.05) is 0 Å². The summed E-state index contributed by atoms with van der Waals surface area (Å²) < 4.78 is 25.6. The third-order valence-electron chi connectivity index (χ3n) is 6.30. The number of carbonyl (C=O) groups is 1. The lowest BCUT2D eigenvalue weighted by molar-refractivity contribution is 0.0805. The van der Waals surface area contributed by atoms with Crippen molar-refractivity contribution >= 4 is 17.1 Å². The van der Waals surface area contributed by atoms with Crippen LogP contribution in [0.1, 0.15) is 36.0 Å². The molecule has 0 saturated carbocycles. The number of pyridine rings is 1. The van der Waals surface area contributed by atoms with Crippen molar-refractivity contribution in [1.29, 1.82) is 0 Å². The van der Waals surface area contributed by atoms with Crippen LogP contribution in [0.2, 0.25) is 0 Å². The molecule has 0 aliphatic carbocycles. The lowest BCUT2D eigenvalue weighted by atomic mass is 10.1. The molecule has 0 spiro atoms. The van der Waals surface area contributed by atoms with Gasteiger partial charge < -0.3 is 20.2 Å². The van der Waals surface area contributed by atoms with E-state index in [1.54, 1.807) is 10.7 Å². The van der Waals surface area contributed by atoms with E-state index >= 15 is 0 Å². The van der Waals surface area contributed by atoms with Gasteiger partial charge in [-0.15, -0.1) is 0 Å². The molecule has 2 saturated heterocycles. The van der Waals surface area contributed by atoms with E-state index in [0.29, 0.717) is 12.1 Å². The van der Waals surface area contributed by atoms with E-state index in [9.17, 15) is 18.7 Å². The van der Waals surface area contributed by atoms with E-state index in [1.165, 1.54) is 12.8 Å². The fourth-order valence-electron chi connectivity index (χ4n) is 4.31. The minimum absolute atomic E-state index is 0.0735. The van der Waals surface area contributed by atoms with Crippen molar-refractivity contribution in [2.24, 2.45) is 0 Å². The van der Waals surface area contributed by atoms with Crippen molar-refractivity contribution < 1.29 is 18.7 Å². The summed E-state index contributed by atoms with van der Waals surface area (Å²) in [5, 5.41) is 16.9. The standard InChI is InChI=1S/C19H27N5O2.C6H4F2/c25-16-4-9-22(10-5-16)12-6-20-19(26)17-14-21-24-11-3-15(13-18(17)24)23-7-1-2-8-23;7-5-1-2-6(8)4-3-5/h3,11,13-14,16,25H,1-2,4-10,12H2,(H,20,26);1-4H. The third kappa shape index (κ3) is 6.30. The van der Waals surface area contributed by atoms with Gasteiger partial charge in [0.15, 0.2) is 0 Å². The Balaban J connectivity index is 0.000000291. The number of carbonyl (C=O) groups excluding carboxylic acids is 1. The van der Waals surface area contributed by atoms with Crippen LogP contribution in [0.3, 0.4) is 0 Å². The highest BCUT2D eigenvalue weighted by Gasteiger charge is 2.18. The monoisotopic (exact) mass is 471 g/mol. The fraction of sp³-hybridized carbons (Fsp3) is 0.440. The molecule has 0 radical (unpaired) electrons. The van der Waals surface area contributed by atoms with Gasteiger partial charge in [-0.25, -0.2) is 13.3 Å². The number of halogens is 2. The summed E-state index contributed by atoms with van der Waals surface area (Å²) >= 11 is 0. The molecule has 2 aromatic heterocycles. The van der Waals surface area contributed by atoms with Crippen LogP contribution >= 0.6 is 0 Å². The molecule has 1 aromatic carbocycles. The molecule has 2 aliphatic rings. The number of piperidine rings is 1. The first-order chi connectivity index (χ1) is 16.5. The molecule has 0 unspecified atom stereocenters. The zero-order chi connectivity index (χ0) is 23.9. The second kappa shape index (κ2) is 11.4. The van der Waals surface area contributed by atoms with E-state index in [1.807, 2.05) is 6.20 Å². The summed E-state index contributed by atoms with van der Waals surface area (Å²) in [6, 6.07) is 8.45. The molecule has 2 fully saturated rings. The predicted octanol–water partition coefficient (Wildman–Crippen LogP) is 3.09. The molecule has 4 heterocycles. The van der Waals surface area contributed by atoms with Gasteiger partial charge in [0.1, 0.15) is 11.6 Å². The van der Waals surface area contributed by atoms with Crippen molar-refractivity contribution in [2.75, 3.05) is 44.2 Å². The molecule has 3 aromatic rings. The highest BCUT2D eigenvalue weighted by Crippen LogP contribution is 2.23. The molecule has 9 heteroatoms. The number of aliphatic hydroxyl groups excluding tert-OH is 1. The van der Waals surface area contributed by atoms with Crippen LogP contribution < -0.4 is 10.2 Å². The van der Waals surface area contributed by atoms with E-state index in [-0.39, 0.29) is 12.0 Å². The van der Waals surface area contributed by atoms with Crippen LogP contribution in [0.5, 0.6) is 0 Å². The SMILES string of the molecule is Fc1ccc(F)cc1.O=C(NCCN1CCC(O)CC1)c1cnn2ccc(N3CCCC3)cc12. The molecule has 182 valence electrons. The predicted molar refractivity (Wildman–Crippen MR) is 127 cm³/mol. The molecule has 1 amide bonds. The second-order valence-electron chi connectivity index (χ2n) is 8.73. The topological polar surface area (TPSA) is 73.1 Å². The van der Waals surface area contributed by atoms with Gasteiger partial charge >= 0.3 is 0 Å². The summed E-state index contributed by atoms with van der Waals surface area (Å²) in [5.41, 5.74) is 2.64.